The predicted molar refractivity (Wildman–Crippen MR) is 50.2 cm³/mol. The van der Waals surface area contributed by atoms with Gasteiger partial charge in [0.1, 0.15) is 0 Å². The Labute approximate surface area is 77.8 Å². The molecule has 0 fully saturated rings. The summed E-state index contributed by atoms with van der Waals surface area (Å²) in [6, 6.07) is 5.63. The van der Waals surface area contributed by atoms with Gasteiger partial charge in [0, 0.05) is 13.2 Å². The minimum absolute atomic E-state index is 0. The van der Waals surface area contributed by atoms with Crippen molar-refractivity contribution in [2.24, 2.45) is 5.73 Å². The first-order chi connectivity index (χ1) is 5.91. The fourth-order valence-corrected chi connectivity index (χ4v) is 1.55. The van der Waals surface area contributed by atoms with E-state index in [4.69, 9.17) is 5.73 Å². The quantitative estimate of drug-likeness (QED) is 0.754. The highest BCUT2D eigenvalue weighted by Gasteiger charge is 2.08. The third kappa shape index (κ3) is 2.29. The molecule has 0 saturated carbocycles. The zero-order valence-electron chi connectivity index (χ0n) is 7.02. The lowest BCUT2D eigenvalue weighted by molar-refractivity contribution is 0.1000. The average molecular weight is 201 g/mol. The van der Waals surface area contributed by atoms with Crippen molar-refractivity contribution in [3.8, 4) is 0 Å². The van der Waals surface area contributed by atoms with Crippen LogP contribution in [0.2, 0.25) is 0 Å². The Balaban J connectivity index is 0.00000169. The molecule has 0 saturated heterocycles. The van der Waals surface area contributed by atoms with Gasteiger partial charge >= 0.3 is 0 Å². The van der Waals surface area contributed by atoms with E-state index in [1.165, 1.54) is 24.3 Å². The van der Waals surface area contributed by atoms with E-state index >= 15 is 0 Å². The number of benzene rings is 1. The maximum Gasteiger partial charge on any atom is 0.248 e. The molecule has 4 nitrogen and oxygen atoms in total. The number of sulfone groups is 1. The molecule has 13 heavy (non-hydrogen) atoms. The van der Waals surface area contributed by atoms with Crippen molar-refractivity contribution in [1.82, 2.24) is 0 Å². The van der Waals surface area contributed by atoms with E-state index in [-0.39, 0.29) is 11.9 Å². The average Bonchev–Trinajstić information content (AvgIpc) is 2.03. The van der Waals surface area contributed by atoms with E-state index in [1.54, 1.807) is 0 Å². The van der Waals surface area contributed by atoms with Crippen molar-refractivity contribution < 1.29 is 14.6 Å². The van der Waals surface area contributed by atoms with E-state index < -0.39 is 15.7 Å². The minimum Gasteiger partial charge on any atom is -0.366 e. The number of hydrogen-bond donors (Lipinski definition) is 1. The number of hydrogen-bond acceptors (Lipinski definition) is 3. The largest absolute Gasteiger partial charge is 0.366 e. The summed E-state index contributed by atoms with van der Waals surface area (Å²) in [5.74, 6) is -0.634. The first kappa shape index (κ1) is 9.73. The summed E-state index contributed by atoms with van der Waals surface area (Å²) < 4.78 is 22.1. The van der Waals surface area contributed by atoms with Crippen LogP contribution in [-0.4, -0.2) is 20.6 Å². The fourth-order valence-electron chi connectivity index (χ4n) is 0.880. The second-order valence-electron chi connectivity index (χ2n) is 2.66. The SMILES string of the molecule is CS(=O)(=O)c1cccc(C(N)=O)c1.[HH]. The van der Waals surface area contributed by atoms with Crippen LogP contribution in [0.5, 0.6) is 0 Å². The Hall–Kier alpha value is -1.36. The number of carbonyl (C=O) groups excluding carboxylic acids is 1. The van der Waals surface area contributed by atoms with Crippen LogP contribution < -0.4 is 5.73 Å². The van der Waals surface area contributed by atoms with Gasteiger partial charge in [-0.2, -0.15) is 0 Å². The summed E-state index contributed by atoms with van der Waals surface area (Å²) in [7, 11) is -3.27. The maximum absolute atomic E-state index is 11.1. The summed E-state index contributed by atoms with van der Waals surface area (Å²) >= 11 is 0. The Morgan fingerprint density at radius 3 is 2.54 bits per heavy atom. The molecule has 5 heteroatoms. The zero-order chi connectivity index (χ0) is 10.1. The summed E-state index contributed by atoms with van der Waals surface area (Å²) in [4.78, 5) is 10.8. The lowest BCUT2D eigenvalue weighted by atomic mass is 10.2. The van der Waals surface area contributed by atoms with Gasteiger partial charge in [0.15, 0.2) is 9.84 Å². The van der Waals surface area contributed by atoms with Gasteiger partial charge in [-0.15, -0.1) is 0 Å². The molecule has 72 valence electrons. The number of nitrogens with two attached hydrogens (primary N) is 1. The minimum atomic E-state index is -3.27. The maximum atomic E-state index is 11.1. The second kappa shape index (κ2) is 3.18. The van der Waals surface area contributed by atoms with Crippen molar-refractivity contribution in [3.05, 3.63) is 29.8 Å². The van der Waals surface area contributed by atoms with Crippen LogP contribution in [0.15, 0.2) is 29.2 Å². The summed E-state index contributed by atoms with van der Waals surface area (Å²) in [5, 5.41) is 0. The third-order valence-corrected chi connectivity index (χ3v) is 2.66. The highest BCUT2D eigenvalue weighted by atomic mass is 32.2. The van der Waals surface area contributed by atoms with Crippen LogP contribution in [0.4, 0.5) is 0 Å². The van der Waals surface area contributed by atoms with Gasteiger partial charge in [0.25, 0.3) is 0 Å². The summed E-state index contributed by atoms with van der Waals surface area (Å²) in [5.41, 5.74) is 5.19. The van der Waals surface area contributed by atoms with Crippen molar-refractivity contribution in [3.63, 3.8) is 0 Å². The lowest BCUT2D eigenvalue weighted by Crippen LogP contribution is -2.11. The van der Waals surface area contributed by atoms with Crippen LogP contribution in [0.1, 0.15) is 11.8 Å². The Morgan fingerprint density at radius 2 is 2.08 bits per heavy atom. The van der Waals surface area contributed by atoms with E-state index in [0.717, 1.165) is 6.26 Å². The number of rotatable bonds is 2. The molecule has 2 N–H and O–H groups in total. The van der Waals surface area contributed by atoms with Crippen LogP contribution in [-0.2, 0) is 9.84 Å². The second-order valence-corrected chi connectivity index (χ2v) is 4.68. The molecule has 0 heterocycles. The first-order valence-corrected chi connectivity index (χ1v) is 5.40. The van der Waals surface area contributed by atoms with Gasteiger partial charge in [0.05, 0.1) is 4.90 Å². The normalized spacial score (nSPS) is 11.2. The molecule has 0 aromatic heterocycles. The molecule has 1 aromatic rings. The first-order valence-electron chi connectivity index (χ1n) is 3.51. The van der Waals surface area contributed by atoms with E-state index in [1.807, 2.05) is 0 Å². The van der Waals surface area contributed by atoms with Crippen LogP contribution in [0, 0.1) is 0 Å². The third-order valence-electron chi connectivity index (χ3n) is 1.55. The molecule has 1 aromatic carbocycles. The molecular formula is C8H11NO3S. The number of amides is 1. The monoisotopic (exact) mass is 201 g/mol. The highest BCUT2D eigenvalue weighted by Crippen LogP contribution is 2.10. The number of carbonyl (C=O) groups is 1. The lowest BCUT2D eigenvalue weighted by Gasteiger charge is -1.99. The summed E-state index contributed by atoms with van der Waals surface area (Å²) in [6.45, 7) is 0. The van der Waals surface area contributed by atoms with Crippen molar-refractivity contribution >= 4 is 15.7 Å². The van der Waals surface area contributed by atoms with Crippen LogP contribution >= 0.6 is 0 Å². The Morgan fingerprint density at radius 1 is 1.46 bits per heavy atom. The fraction of sp³-hybridized carbons (Fsp3) is 0.125. The molecule has 0 bridgehead atoms. The molecule has 0 radical (unpaired) electrons. The van der Waals surface area contributed by atoms with Crippen molar-refractivity contribution in [2.75, 3.05) is 6.26 Å². The summed E-state index contributed by atoms with van der Waals surface area (Å²) in [6.07, 6.45) is 1.08. The van der Waals surface area contributed by atoms with Gasteiger partial charge in [-0.05, 0) is 18.2 Å². The van der Waals surface area contributed by atoms with E-state index in [9.17, 15) is 13.2 Å². The standard InChI is InChI=1S/C8H9NO3S.H2/c1-13(11,12)7-4-2-3-6(5-7)8(9)10;/h2-5H,1H3,(H2,9,10);1H. The molecule has 0 unspecified atom stereocenters. The van der Waals surface area contributed by atoms with Crippen molar-refractivity contribution in [1.29, 1.82) is 0 Å². The topological polar surface area (TPSA) is 77.2 Å². The Kier molecular flexibility index (Phi) is 2.38. The van der Waals surface area contributed by atoms with E-state index in [2.05, 4.69) is 0 Å². The molecular weight excluding hydrogens is 190 g/mol. The highest BCUT2D eigenvalue weighted by molar-refractivity contribution is 7.90. The van der Waals surface area contributed by atoms with Gasteiger partial charge in [-0.1, -0.05) is 6.07 Å². The molecule has 0 aliphatic rings. The van der Waals surface area contributed by atoms with Gasteiger partial charge in [-0.25, -0.2) is 8.42 Å². The van der Waals surface area contributed by atoms with E-state index in [0.29, 0.717) is 0 Å². The van der Waals surface area contributed by atoms with Crippen molar-refractivity contribution in [2.45, 2.75) is 4.90 Å². The molecule has 0 atom stereocenters. The number of primary amides is 1. The Bertz CT molecular complexity index is 442. The molecule has 0 aliphatic heterocycles. The van der Waals surface area contributed by atoms with Crippen LogP contribution in [0.3, 0.4) is 0 Å². The van der Waals surface area contributed by atoms with Crippen LogP contribution in [0.25, 0.3) is 0 Å². The molecule has 0 aliphatic carbocycles. The molecule has 1 amide bonds. The smallest absolute Gasteiger partial charge is 0.248 e. The van der Waals surface area contributed by atoms with Gasteiger partial charge in [0.2, 0.25) is 5.91 Å². The molecule has 0 spiro atoms. The predicted octanol–water partition coefficient (Wildman–Crippen LogP) is 0.435. The van der Waals surface area contributed by atoms with Gasteiger partial charge in [-0.3, -0.25) is 4.79 Å². The van der Waals surface area contributed by atoms with Gasteiger partial charge < -0.3 is 5.73 Å². The zero-order valence-corrected chi connectivity index (χ0v) is 7.84. The molecule has 1 rings (SSSR count).